The molecule has 0 saturated carbocycles. The molecule has 6 nitrogen and oxygen atoms in total. The van der Waals surface area contributed by atoms with Crippen LogP contribution in [0.4, 0.5) is 0 Å². The van der Waals surface area contributed by atoms with E-state index in [2.05, 4.69) is 0 Å². The summed E-state index contributed by atoms with van der Waals surface area (Å²) in [6.07, 6.45) is 0.646. The second-order valence-electron chi connectivity index (χ2n) is 5.55. The van der Waals surface area contributed by atoms with Crippen molar-refractivity contribution < 1.29 is 28.5 Å². The summed E-state index contributed by atoms with van der Waals surface area (Å²) in [7, 11) is 0. The van der Waals surface area contributed by atoms with Gasteiger partial charge in [0, 0.05) is 6.42 Å². The molecule has 0 aromatic heterocycles. The molecule has 0 unspecified atom stereocenters. The van der Waals surface area contributed by atoms with Crippen LogP contribution in [0.1, 0.15) is 41.0 Å². The van der Waals surface area contributed by atoms with Crippen LogP contribution in [-0.4, -0.2) is 38.4 Å². The Labute approximate surface area is 159 Å². The molecule has 0 heterocycles. The van der Waals surface area contributed by atoms with Gasteiger partial charge in [0.15, 0.2) is 0 Å². The largest absolute Gasteiger partial charge is 0.493 e. The van der Waals surface area contributed by atoms with E-state index in [1.54, 1.807) is 62.4 Å². The van der Waals surface area contributed by atoms with Crippen LogP contribution in [0.3, 0.4) is 0 Å². The SMILES string of the molecule is CCOC(=O)c1cccc(OCCCOc2cccc(C(=O)OCC)c2)c1. The first kappa shape index (κ1) is 20.3. The van der Waals surface area contributed by atoms with E-state index in [9.17, 15) is 9.59 Å². The van der Waals surface area contributed by atoms with Crippen LogP contribution in [0.25, 0.3) is 0 Å². The zero-order chi connectivity index (χ0) is 19.5. The summed E-state index contributed by atoms with van der Waals surface area (Å²) < 4.78 is 21.2. The Kier molecular flexibility index (Phi) is 8.16. The van der Waals surface area contributed by atoms with Crippen LogP contribution >= 0.6 is 0 Å². The van der Waals surface area contributed by atoms with Gasteiger partial charge in [-0.15, -0.1) is 0 Å². The normalized spacial score (nSPS) is 10.1. The fourth-order valence-corrected chi connectivity index (χ4v) is 2.29. The number of rotatable bonds is 10. The Balaban J connectivity index is 1.76. The lowest BCUT2D eigenvalue weighted by atomic mass is 10.2. The number of hydrogen-bond donors (Lipinski definition) is 0. The van der Waals surface area contributed by atoms with E-state index in [-0.39, 0.29) is 11.9 Å². The standard InChI is InChI=1S/C21H24O6/c1-3-24-20(22)16-8-5-10-18(14-16)26-12-7-13-27-19-11-6-9-17(15-19)21(23)25-4-2/h5-6,8-11,14-15H,3-4,7,12-13H2,1-2H3. The molecule has 2 aromatic rings. The molecule has 0 radical (unpaired) electrons. The average molecular weight is 372 g/mol. The van der Waals surface area contributed by atoms with Crippen molar-refractivity contribution in [3.8, 4) is 11.5 Å². The highest BCUT2D eigenvalue weighted by Gasteiger charge is 2.08. The van der Waals surface area contributed by atoms with Crippen LogP contribution in [0.5, 0.6) is 11.5 Å². The van der Waals surface area contributed by atoms with E-state index < -0.39 is 0 Å². The van der Waals surface area contributed by atoms with Gasteiger partial charge in [-0.2, -0.15) is 0 Å². The highest BCUT2D eigenvalue weighted by Crippen LogP contribution is 2.16. The van der Waals surface area contributed by atoms with Gasteiger partial charge in [0.2, 0.25) is 0 Å². The smallest absolute Gasteiger partial charge is 0.338 e. The number of benzene rings is 2. The van der Waals surface area contributed by atoms with Crippen LogP contribution < -0.4 is 9.47 Å². The lowest BCUT2D eigenvalue weighted by molar-refractivity contribution is 0.0516. The van der Waals surface area contributed by atoms with Crippen molar-refractivity contribution in [2.45, 2.75) is 20.3 Å². The number of carbonyl (C=O) groups excluding carboxylic acids is 2. The van der Waals surface area contributed by atoms with Gasteiger partial charge in [0.25, 0.3) is 0 Å². The fraction of sp³-hybridized carbons (Fsp3) is 0.333. The van der Waals surface area contributed by atoms with Crippen LogP contribution in [-0.2, 0) is 9.47 Å². The topological polar surface area (TPSA) is 71.1 Å². The van der Waals surface area contributed by atoms with Crippen molar-refractivity contribution in [3.63, 3.8) is 0 Å². The van der Waals surface area contributed by atoms with Crippen molar-refractivity contribution in [2.24, 2.45) is 0 Å². The molecule has 0 bridgehead atoms. The molecule has 2 aromatic carbocycles. The summed E-state index contributed by atoms with van der Waals surface area (Å²) >= 11 is 0. The zero-order valence-electron chi connectivity index (χ0n) is 15.6. The second kappa shape index (κ2) is 10.9. The molecular formula is C21H24O6. The molecule has 0 amide bonds. The van der Waals surface area contributed by atoms with Gasteiger partial charge in [0.1, 0.15) is 11.5 Å². The molecule has 144 valence electrons. The number of esters is 2. The Morgan fingerprint density at radius 1 is 0.741 bits per heavy atom. The molecule has 0 aliphatic heterocycles. The van der Waals surface area contributed by atoms with Gasteiger partial charge >= 0.3 is 11.9 Å². The number of hydrogen-bond acceptors (Lipinski definition) is 6. The predicted octanol–water partition coefficient (Wildman–Crippen LogP) is 3.89. The molecule has 0 aliphatic carbocycles. The third kappa shape index (κ3) is 6.66. The molecule has 0 N–H and O–H groups in total. The molecule has 6 heteroatoms. The molecule has 0 aliphatic rings. The molecule has 0 atom stereocenters. The van der Waals surface area contributed by atoms with E-state index in [0.29, 0.717) is 55.5 Å². The molecular weight excluding hydrogens is 348 g/mol. The maximum absolute atomic E-state index is 11.7. The maximum atomic E-state index is 11.7. The van der Waals surface area contributed by atoms with E-state index >= 15 is 0 Å². The molecule has 0 fully saturated rings. The minimum Gasteiger partial charge on any atom is -0.493 e. The quantitative estimate of drug-likeness (QED) is 0.465. The Bertz CT molecular complexity index is 692. The first-order chi connectivity index (χ1) is 13.1. The number of carbonyl (C=O) groups is 2. The molecule has 0 spiro atoms. The van der Waals surface area contributed by atoms with Crippen molar-refractivity contribution in [3.05, 3.63) is 59.7 Å². The van der Waals surface area contributed by atoms with Crippen molar-refractivity contribution in [2.75, 3.05) is 26.4 Å². The summed E-state index contributed by atoms with van der Waals surface area (Å²) in [5.74, 6) is 0.468. The second-order valence-corrected chi connectivity index (χ2v) is 5.55. The molecule has 2 rings (SSSR count). The van der Waals surface area contributed by atoms with Gasteiger partial charge in [-0.3, -0.25) is 0 Å². The Hall–Kier alpha value is -3.02. The lowest BCUT2D eigenvalue weighted by Crippen LogP contribution is -2.08. The molecule has 27 heavy (non-hydrogen) atoms. The predicted molar refractivity (Wildman–Crippen MR) is 100 cm³/mol. The average Bonchev–Trinajstić information content (AvgIpc) is 2.68. The summed E-state index contributed by atoms with van der Waals surface area (Å²) in [5, 5.41) is 0. The van der Waals surface area contributed by atoms with Gasteiger partial charge in [-0.1, -0.05) is 12.1 Å². The summed E-state index contributed by atoms with van der Waals surface area (Å²) in [6, 6.07) is 13.7. The van der Waals surface area contributed by atoms with Crippen LogP contribution in [0.2, 0.25) is 0 Å². The van der Waals surface area contributed by atoms with Crippen molar-refractivity contribution in [1.29, 1.82) is 0 Å². The maximum Gasteiger partial charge on any atom is 0.338 e. The molecule has 0 saturated heterocycles. The number of ether oxygens (including phenoxy) is 4. The Morgan fingerprint density at radius 2 is 1.19 bits per heavy atom. The minimum absolute atomic E-state index is 0.332. The van der Waals surface area contributed by atoms with E-state index in [4.69, 9.17) is 18.9 Å². The first-order valence-corrected chi connectivity index (χ1v) is 8.94. The summed E-state index contributed by atoms with van der Waals surface area (Å²) in [5.41, 5.74) is 0.919. The highest BCUT2D eigenvalue weighted by molar-refractivity contribution is 5.90. The van der Waals surface area contributed by atoms with Crippen molar-refractivity contribution in [1.82, 2.24) is 0 Å². The Morgan fingerprint density at radius 3 is 1.59 bits per heavy atom. The van der Waals surface area contributed by atoms with Gasteiger partial charge in [0.05, 0.1) is 37.6 Å². The highest BCUT2D eigenvalue weighted by atomic mass is 16.5. The monoisotopic (exact) mass is 372 g/mol. The fourth-order valence-electron chi connectivity index (χ4n) is 2.29. The summed E-state index contributed by atoms with van der Waals surface area (Å²) in [4.78, 5) is 23.4. The van der Waals surface area contributed by atoms with Crippen LogP contribution in [0, 0.1) is 0 Å². The van der Waals surface area contributed by atoms with Gasteiger partial charge < -0.3 is 18.9 Å². The van der Waals surface area contributed by atoms with Crippen LogP contribution in [0.15, 0.2) is 48.5 Å². The van der Waals surface area contributed by atoms with Crippen molar-refractivity contribution >= 4 is 11.9 Å². The van der Waals surface area contributed by atoms with E-state index in [1.165, 1.54) is 0 Å². The lowest BCUT2D eigenvalue weighted by Gasteiger charge is -2.10. The van der Waals surface area contributed by atoms with Gasteiger partial charge in [-0.25, -0.2) is 9.59 Å². The zero-order valence-corrected chi connectivity index (χ0v) is 15.6. The van der Waals surface area contributed by atoms with E-state index in [1.807, 2.05) is 0 Å². The first-order valence-electron chi connectivity index (χ1n) is 8.94. The third-order valence-electron chi connectivity index (χ3n) is 3.52. The van der Waals surface area contributed by atoms with E-state index in [0.717, 1.165) is 0 Å². The summed E-state index contributed by atoms with van der Waals surface area (Å²) in [6.45, 7) is 5.06. The minimum atomic E-state index is -0.368. The third-order valence-corrected chi connectivity index (χ3v) is 3.52. The van der Waals surface area contributed by atoms with Gasteiger partial charge in [-0.05, 0) is 50.2 Å².